The van der Waals surface area contributed by atoms with Crippen molar-refractivity contribution in [3.63, 3.8) is 0 Å². The molecule has 1 N–H and O–H groups in total. The van der Waals surface area contributed by atoms with E-state index in [9.17, 15) is 9.59 Å². The van der Waals surface area contributed by atoms with Gasteiger partial charge in [0.05, 0.1) is 5.69 Å². The summed E-state index contributed by atoms with van der Waals surface area (Å²) in [6, 6.07) is 7.19. The maximum Gasteiger partial charge on any atom is 0.276 e. The van der Waals surface area contributed by atoms with Crippen LogP contribution in [0.4, 0.5) is 5.69 Å². The molecule has 0 spiro atoms. The Morgan fingerprint density at radius 1 is 1.32 bits per heavy atom. The molecule has 1 aromatic rings. The van der Waals surface area contributed by atoms with E-state index < -0.39 is 0 Å². The molecule has 2 amide bonds. The summed E-state index contributed by atoms with van der Waals surface area (Å²) in [5.41, 5.74) is 1.58. The first kappa shape index (κ1) is 11.8. The number of para-hydroxylation sites is 1. The Labute approximate surface area is 114 Å². The van der Waals surface area contributed by atoms with Crippen LogP contribution < -0.4 is 5.32 Å². The highest BCUT2D eigenvalue weighted by atomic mass is 32.1. The first-order valence-corrected chi connectivity index (χ1v) is 6.06. The van der Waals surface area contributed by atoms with Crippen molar-refractivity contribution in [1.29, 1.82) is 0 Å². The standard InChI is InChI=1S/C12H10N4O2S/c1-15-6-9(17)16(12(15)19)14-10-7-4-2-3-5-8(7)13-11(10)18/h2-5H,6H2,1H3,(H,13,14,18). The van der Waals surface area contributed by atoms with E-state index >= 15 is 0 Å². The molecule has 7 heteroatoms. The molecule has 2 aliphatic heterocycles. The van der Waals surface area contributed by atoms with Crippen molar-refractivity contribution in [3.05, 3.63) is 29.8 Å². The highest BCUT2D eigenvalue weighted by molar-refractivity contribution is 7.80. The first-order chi connectivity index (χ1) is 9.08. The van der Waals surface area contributed by atoms with Crippen molar-refractivity contribution < 1.29 is 9.59 Å². The van der Waals surface area contributed by atoms with Crippen LogP contribution >= 0.6 is 12.2 Å². The van der Waals surface area contributed by atoms with Crippen molar-refractivity contribution in [2.24, 2.45) is 5.10 Å². The molecular formula is C12H10N4O2S. The summed E-state index contributed by atoms with van der Waals surface area (Å²) in [6.45, 7) is 0.179. The van der Waals surface area contributed by atoms with E-state index in [4.69, 9.17) is 12.2 Å². The summed E-state index contributed by atoms with van der Waals surface area (Å²) in [6.07, 6.45) is 0. The third-order valence-corrected chi connectivity index (χ3v) is 3.45. The van der Waals surface area contributed by atoms with Crippen LogP contribution in [-0.2, 0) is 9.59 Å². The number of rotatable bonds is 1. The maximum atomic E-state index is 11.9. The molecule has 0 saturated carbocycles. The van der Waals surface area contributed by atoms with E-state index in [1.54, 1.807) is 24.1 Å². The molecule has 0 unspecified atom stereocenters. The number of amides is 2. The van der Waals surface area contributed by atoms with Crippen LogP contribution in [0.3, 0.4) is 0 Å². The van der Waals surface area contributed by atoms with Crippen LogP contribution in [0.2, 0.25) is 0 Å². The number of carbonyl (C=O) groups is 2. The van der Waals surface area contributed by atoms with E-state index in [1.807, 2.05) is 12.1 Å². The Kier molecular flexibility index (Phi) is 2.56. The van der Waals surface area contributed by atoms with E-state index in [-0.39, 0.29) is 24.1 Å². The van der Waals surface area contributed by atoms with Crippen molar-refractivity contribution in [2.45, 2.75) is 0 Å². The number of nitrogens with zero attached hydrogens (tertiary/aromatic N) is 3. The highest BCUT2D eigenvalue weighted by Gasteiger charge is 2.33. The van der Waals surface area contributed by atoms with Gasteiger partial charge in [-0.25, -0.2) is 0 Å². The second-order valence-electron chi connectivity index (χ2n) is 4.29. The van der Waals surface area contributed by atoms with Gasteiger partial charge in [-0.3, -0.25) is 9.59 Å². The summed E-state index contributed by atoms with van der Waals surface area (Å²) in [4.78, 5) is 25.2. The lowest BCUT2D eigenvalue weighted by Crippen LogP contribution is -2.29. The number of anilines is 1. The Bertz CT molecular complexity index is 640. The molecule has 0 bridgehead atoms. The van der Waals surface area contributed by atoms with Crippen LogP contribution in [0, 0.1) is 0 Å². The lowest BCUT2D eigenvalue weighted by atomic mass is 10.1. The van der Waals surface area contributed by atoms with Gasteiger partial charge in [-0.1, -0.05) is 18.2 Å². The quantitative estimate of drug-likeness (QED) is 0.753. The maximum absolute atomic E-state index is 11.9. The lowest BCUT2D eigenvalue weighted by Gasteiger charge is -2.11. The topological polar surface area (TPSA) is 65.0 Å². The van der Waals surface area contributed by atoms with E-state index in [0.717, 1.165) is 5.01 Å². The van der Waals surface area contributed by atoms with Crippen LogP contribution in [0.15, 0.2) is 29.4 Å². The van der Waals surface area contributed by atoms with Gasteiger partial charge < -0.3 is 10.2 Å². The summed E-state index contributed by atoms with van der Waals surface area (Å²) in [5.74, 6) is -0.566. The third kappa shape index (κ3) is 1.78. The molecule has 2 heterocycles. The van der Waals surface area contributed by atoms with Gasteiger partial charge in [0, 0.05) is 12.6 Å². The number of likely N-dealkylation sites (N-methyl/N-ethyl adjacent to an activating group) is 1. The monoisotopic (exact) mass is 274 g/mol. The molecule has 0 aromatic heterocycles. The summed E-state index contributed by atoms with van der Waals surface area (Å²) >= 11 is 5.10. The fourth-order valence-electron chi connectivity index (χ4n) is 2.01. The Hall–Kier alpha value is -2.28. The zero-order valence-corrected chi connectivity index (χ0v) is 10.9. The zero-order chi connectivity index (χ0) is 13.6. The van der Waals surface area contributed by atoms with E-state index in [1.165, 1.54) is 0 Å². The average Bonchev–Trinajstić information content (AvgIpc) is 2.82. The fraction of sp³-hybridized carbons (Fsp3) is 0.167. The average molecular weight is 274 g/mol. The predicted molar refractivity (Wildman–Crippen MR) is 73.7 cm³/mol. The molecular weight excluding hydrogens is 264 g/mol. The molecule has 1 fully saturated rings. The van der Waals surface area contributed by atoms with Gasteiger partial charge in [-0.05, 0) is 18.3 Å². The normalized spacial score (nSPS) is 20.3. The van der Waals surface area contributed by atoms with Gasteiger partial charge in [-0.15, -0.1) is 0 Å². The Morgan fingerprint density at radius 2 is 2.05 bits per heavy atom. The van der Waals surface area contributed by atoms with Crippen LogP contribution in [0.25, 0.3) is 0 Å². The summed E-state index contributed by atoms with van der Waals surface area (Å²) < 4.78 is 0. The zero-order valence-electron chi connectivity index (χ0n) is 10.1. The molecule has 2 aliphatic rings. The van der Waals surface area contributed by atoms with Gasteiger partial charge >= 0.3 is 0 Å². The molecule has 19 heavy (non-hydrogen) atoms. The van der Waals surface area contributed by atoms with Gasteiger partial charge in [0.15, 0.2) is 10.8 Å². The third-order valence-electron chi connectivity index (χ3n) is 2.96. The molecule has 1 saturated heterocycles. The second-order valence-corrected chi connectivity index (χ2v) is 4.66. The van der Waals surface area contributed by atoms with Crippen molar-refractivity contribution in [1.82, 2.24) is 9.91 Å². The number of fused-ring (bicyclic) bond motifs is 1. The van der Waals surface area contributed by atoms with Crippen LogP contribution in [-0.4, -0.2) is 46.1 Å². The number of hydrogen-bond acceptors (Lipinski definition) is 4. The minimum atomic E-state index is -0.327. The van der Waals surface area contributed by atoms with Crippen LogP contribution in [0.1, 0.15) is 5.56 Å². The number of carbonyl (C=O) groups excluding carboxylic acids is 2. The summed E-state index contributed by atoms with van der Waals surface area (Å²) in [5, 5.41) is 8.22. The number of hydrogen-bond donors (Lipinski definition) is 1. The van der Waals surface area contributed by atoms with E-state index in [0.29, 0.717) is 16.4 Å². The molecule has 3 rings (SSSR count). The molecule has 0 radical (unpaired) electrons. The number of thiocarbonyl (C=S) groups is 1. The first-order valence-electron chi connectivity index (χ1n) is 5.65. The van der Waals surface area contributed by atoms with Crippen molar-refractivity contribution in [2.75, 3.05) is 18.9 Å². The lowest BCUT2D eigenvalue weighted by molar-refractivity contribution is -0.124. The van der Waals surface area contributed by atoms with Gasteiger partial charge in [-0.2, -0.15) is 10.1 Å². The van der Waals surface area contributed by atoms with Crippen molar-refractivity contribution >= 4 is 40.5 Å². The van der Waals surface area contributed by atoms with Crippen LogP contribution in [0.5, 0.6) is 0 Å². The minimum Gasteiger partial charge on any atom is -0.341 e. The molecule has 6 nitrogen and oxygen atoms in total. The second kappa shape index (κ2) is 4.13. The Balaban J connectivity index is 2.03. The SMILES string of the molecule is CN1CC(=O)N(/N=C2\C(=O)Nc3ccccc32)C1=S. The van der Waals surface area contributed by atoms with Crippen molar-refractivity contribution in [3.8, 4) is 0 Å². The summed E-state index contributed by atoms with van der Waals surface area (Å²) in [7, 11) is 1.71. The van der Waals surface area contributed by atoms with Gasteiger partial charge in [0.2, 0.25) is 0 Å². The molecule has 96 valence electrons. The molecule has 1 aromatic carbocycles. The smallest absolute Gasteiger partial charge is 0.276 e. The number of nitrogens with one attached hydrogen (secondary N) is 1. The van der Waals surface area contributed by atoms with Gasteiger partial charge in [0.1, 0.15) is 6.54 Å². The fourth-order valence-corrected chi connectivity index (χ4v) is 2.21. The Morgan fingerprint density at radius 3 is 2.74 bits per heavy atom. The van der Waals surface area contributed by atoms with Gasteiger partial charge in [0.25, 0.3) is 11.8 Å². The largest absolute Gasteiger partial charge is 0.341 e. The molecule has 0 aliphatic carbocycles. The number of benzene rings is 1. The predicted octanol–water partition coefficient (Wildman–Crippen LogP) is 0.402. The molecule has 0 atom stereocenters. The minimum absolute atomic E-state index is 0.179. The number of hydrazone groups is 1. The highest BCUT2D eigenvalue weighted by Crippen LogP contribution is 2.23. The van der Waals surface area contributed by atoms with E-state index in [2.05, 4.69) is 10.4 Å².